The summed E-state index contributed by atoms with van der Waals surface area (Å²) in [5.74, 6) is 0.751. The molecule has 21 heavy (non-hydrogen) atoms. The first kappa shape index (κ1) is 13.9. The van der Waals surface area contributed by atoms with Gasteiger partial charge < -0.3 is 4.74 Å². The van der Waals surface area contributed by atoms with Crippen molar-refractivity contribution in [2.45, 2.75) is 12.8 Å². The highest BCUT2D eigenvalue weighted by Gasteiger charge is 2.13. The number of halogens is 2. The van der Waals surface area contributed by atoms with Gasteiger partial charge in [0.2, 0.25) is 0 Å². The van der Waals surface area contributed by atoms with E-state index in [1.807, 2.05) is 31.2 Å². The highest BCUT2D eigenvalue weighted by Crippen LogP contribution is 2.27. The fourth-order valence-electron chi connectivity index (χ4n) is 2.30. The number of alkyl halides is 1. The Hall–Kier alpha value is -2.07. The molecule has 0 aliphatic heterocycles. The molecule has 0 fully saturated rings. The maximum atomic E-state index is 13.4. The molecule has 0 amide bonds. The van der Waals surface area contributed by atoms with Crippen LogP contribution in [0.2, 0.25) is 0 Å². The van der Waals surface area contributed by atoms with E-state index in [-0.39, 0.29) is 11.7 Å². The standard InChI is InChI=1S/C16H14ClFN2O/c1-2-21-13-6-3-11(4-7-13)16-14(9-17)20-10-12(18)5-8-15(20)19-16/h3-8,10H,2,9H2,1H3. The van der Waals surface area contributed by atoms with Crippen LogP contribution < -0.4 is 4.74 Å². The number of fused-ring (bicyclic) bond motifs is 1. The molecule has 2 aromatic heterocycles. The molecule has 3 rings (SSSR count). The lowest BCUT2D eigenvalue weighted by atomic mass is 10.1. The third kappa shape index (κ3) is 2.59. The Balaban J connectivity index is 2.10. The minimum Gasteiger partial charge on any atom is -0.494 e. The van der Waals surface area contributed by atoms with Crippen LogP contribution in [0, 0.1) is 5.82 Å². The molecule has 0 aliphatic carbocycles. The molecule has 3 aromatic rings. The van der Waals surface area contributed by atoms with Crippen LogP contribution in [0.4, 0.5) is 4.39 Å². The summed E-state index contributed by atoms with van der Waals surface area (Å²) >= 11 is 6.03. The Morgan fingerprint density at radius 3 is 2.62 bits per heavy atom. The molecule has 108 valence electrons. The van der Waals surface area contributed by atoms with Gasteiger partial charge in [0.25, 0.3) is 0 Å². The largest absolute Gasteiger partial charge is 0.494 e. The molecule has 0 unspecified atom stereocenters. The SMILES string of the molecule is CCOc1ccc(-c2nc3ccc(F)cn3c2CCl)cc1. The smallest absolute Gasteiger partial charge is 0.139 e. The second-order valence-electron chi connectivity index (χ2n) is 4.57. The van der Waals surface area contributed by atoms with Gasteiger partial charge in [0.05, 0.1) is 23.9 Å². The zero-order valence-corrected chi connectivity index (χ0v) is 12.3. The van der Waals surface area contributed by atoms with Gasteiger partial charge in [0.1, 0.15) is 17.2 Å². The van der Waals surface area contributed by atoms with Gasteiger partial charge >= 0.3 is 0 Å². The van der Waals surface area contributed by atoms with Gasteiger partial charge in [-0.3, -0.25) is 4.40 Å². The van der Waals surface area contributed by atoms with Crippen LogP contribution in [0.3, 0.4) is 0 Å². The molecule has 0 saturated heterocycles. The van der Waals surface area contributed by atoms with Crippen LogP contribution in [0.25, 0.3) is 16.9 Å². The van der Waals surface area contributed by atoms with Crippen LogP contribution >= 0.6 is 11.6 Å². The van der Waals surface area contributed by atoms with Crippen molar-refractivity contribution in [2.75, 3.05) is 6.61 Å². The zero-order chi connectivity index (χ0) is 14.8. The predicted octanol–water partition coefficient (Wildman–Crippen LogP) is 4.28. The number of pyridine rings is 1. The van der Waals surface area contributed by atoms with E-state index in [1.54, 1.807) is 10.5 Å². The molecule has 0 bridgehead atoms. The number of aromatic nitrogens is 2. The fourth-order valence-corrected chi connectivity index (χ4v) is 2.56. The average molecular weight is 305 g/mol. The average Bonchev–Trinajstić information content (AvgIpc) is 2.86. The summed E-state index contributed by atoms with van der Waals surface area (Å²) in [5, 5.41) is 0. The van der Waals surface area contributed by atoms with Crippen LogP contribution in [-0.4, -0.2) is 16.0 Å². The number of hydrogen-bond donors (Lipinski definition) is 0. The van der Waals surface area contributed by atoms with Gasteiger partial charge in [-0.2, -0.15) is 0 Å². The summed E-state index contributed by atoms with van der Waals surface area (Å²) in [4.78, 5) is 4.54. The lowest BCUT2D eigenvalue weighted by Crippen LogP contribution is -1.93. The number of rotatable bonds is 4. The van der Waals surface area contributed by atoms with Crippen molar-refractivity contribution in [3.05, 3.63) is 54.1 Å². The summed E-state index contributed by atoms with van der Waals surface area (Å²) in [6.07, 6.45) is 1.40. The molecule has 0 spiro atoms. The van der Waals surface area contributed by atoms with Crippen LogP contribution in [0.5, 0.6) is 5.75 Å². The van der Waals surface area contributed by atoms with Gasteiger partial charge in [-0.1, -0.05) is 0 Å². The Kier molecular flexibility index (Phi) is 3.80. The minimum absolute atomic E-state index is 0.257. The van der Waals surface area contributed by atoms with Crippen molar-refractivity contribution in [1.29, 1.82) is 0 Å². The van der Waals surface area contributed by atoms with E-state index in [1.165, 1.54) is 12.3 Å². The molecule has 5 heteroatoms. The molecule has 0 aliphatic rings. The van der Waals surface area contributed by atoms with Gasteiger partial charge in [-0.25, -0.2) is 9.37 Å². The van der Waals surface area contributed by atoms with Gasteiger partial charge in [0, 0.05) is 11.8 Å². The van der Waals surface area contributed by atoms with Crippen LogP contribution in [0.15, 0.2) is 42.6 Å². The first-order valence-electron chi connectivity index (χ1n) is 6.68. The quantitative estimate of drug-likeness (QED) is 0.673. The highest BCUT2D eigenvalue weighted by atomic mass is 35.5. The van der Waals surface area contributed by atoms with E-state index in [2.05, 4.69) is 4.98 Å². The molecular weight excluding hydrogens is 291 g/mol. The molecule has 0 radical (unpaired) electrons. The number of nitrogens with zero attached hydrogens (tertiary/aromatic N) is 2. The van der Waals surface area contributed by atoms with Crippen molar-refractivity contribution in [2.24, 2.45) is 0 Å². The Morgan fingerprint density at radius 2 is 1.95 bits per heavy atom. The summed E-state index contributed by atoms with van der Waals surface area (Å²) in [7, 11) is 0. The predicted molar refractivity (Wildman–Crippen MR) is 81.3 cm³/mol. The number of hydrogen-bond acceptors (Lipinski definition) is 2. The lowest BCUT2D eigenvalue weighted by Gasteiger charge is -2.05. The van der Waals surface area contributed by atoms with Gasteiger partial charge in [-0.05, 0) is 43.3 Å². The zero-order valence-electron chi connectivity index (χ0n) is 11.5. The molecule has 0 saturated carbocycles. The lowest BCUT2D eigenvalue weighted by molar-refractivity contribution is 0.340. The fraction of sp³-hybridized carbons (Fsp3) is 0.188. The van der Waals surface area contributed by atoms with Crippen molar-refractivity contribution < 1.29 is 9.13 Å². The topological polar surface area (TPSA) is 26.5 Å². The van der Waals surface area contributed by atoms with E-state index in [9.17, 15) is 4.39 Å². The first-order chi connectivity index (χ1) is 10.2. The molecule has 0 N–H and O–H groups in total. The van der Waals surface area contributed by atoms with Crippen LogP contribution in [0.1, 0.15) is 12.6 Å². The normalized spacial score (nSPS) is 11.0. The first-order valence-corrected chi connectivity index (χ1v) is 7.22. The van der Waals surface area contributed by atoms with Gasteiger partial charge in [0.15, 0.2) is 0 Å². The molecule has 0 atom stereocenters. The molecule has 1 aromatic carbocycles. The number of benzene rings is 1. The van der Waals surface area contributed by atoms with Crippen molar-refractivity contribution in [1.82, 2.24) is 9.38 Å². The molecule has 2 heterocycles. The van der Waals surface area contributed by atoms with E-state index >= 15 is 0 Å². The Labute approximate surface area is 127 Å². The third-order valence-electron chi connectivity index (χ3n) is 3.25. The summed E-state index contributed by atoms with van der Waals surface area (Å²) in [5.41, 5.74) is 3.14. The van der Waals surface area contributed by atoms with Crippen LogP contribution in [-0.2, 0) is 5.88 Å². The third-order valence-corrected chi connectivity index (χ3v) is 3.50. The van der Waals surface area contributed by atoms with E-state index in [0.717, 1.165) is 22.7 Å². The number of ether oxygens (including phenoxy) is 1. The Bertz CT molecular complexity index is 768. The second-order valence-corrected chi connectivity index (χ2v) is 4.84. The van der Waals surface area contributed by atoms with E-state index < -0.39 is 0 Å². The highest BCUT2D eigenvalue weighted by molar-refractivity contribution is 6.17. The summed E-state index contributed by atoms with van der Waals surface area (Å²) < 4.78 is 20.5. The molecule has 3 nitrogen and oxygen atoms in total. The monoisotopic (exact) mass is 304 g/mol. The summed E-state index contributed by atoms with van der Waals surface area (Å²) in [6, 6.07) is 10.7. The number of imidazole rings is 1. The minimum atomic E-state index is -0.315. The van der Waals surface area contributed by atoms with E-state index in [0.29, 0.717) is 12.3 Å². The Morgan fingerprint density at radius 1 is 1.19 bits per heavy atom. The maximum Gasteiger partial charge on any atom is 0.139 e. The second kappa shape index (κ2) is 5.74. The maximum absolute atomic E-state index is 13.4. The van der Waals surface area contributed by atoms with Crippen molar-refractivity contribution in [3.8, 4) is 17.0 Å². The summed E-state index contributed by atoms with van der Waals surface area (Å²) in [6.45, 7) is 2.57. The van der Waals surface area contributed by atoms with Gasteiger partial charge in [-0.15, -0.1) is 11.6 Å². The van der Waals surface area contributed by atoms with E-state index in [4.69, 9.17) is 16.3 Å². The molecular formula is C16H14ClFN2O. The van der Waals surface area contributed by atoms with Crippen molar-refractivity contribution >= 4 is 17.2 Å². The van der Waals surface area contributed by atoms with Crippen molar-refractivity contribution in [3.63, 3.8) is 0 Å².